The summed E-state index contributed by atoms with van der Waals surface area (Å²) in [5, 5.41) is 0. The Balaban J connectivity index is 2.67. The number of hydrogen-bond acceptors (Lipinski definition) is 0. The summed E-state index contributed by atoms with van der Waals surface area (Å²) in [5.74, 6) is 0. The van der Waals surface area contributed by atoms with Crippen molar-refractivity contribution >= 4 is 0 Å². The molecule has 0 heterocycles. The maximum absolute atomic E-state index is 3.83. The van der Waals surface area contributed by atoms with Gasteiger partial charge in [0.1, 0.15) is 0 Å². The minimum absolute atomic E-state index is 1.19. The molecule has 0 aromatic carbocycles. The molecule has 0 amide bonds. The lowest BCUT2D eigenvalue weighted by Gasteiger charge is -1.80. The summed E-state index contributed by atoms with van der Waals surface area (Å²) in [6.45, 7) is 5.98. The summed E-state index contributed by atoms with van der Waals surface area (Å²) in [6, 6.07) is 0. The quantitative estimate of drug-likeness (QED) is 0.432. The van der Waals surface area contributed by atoms with Crippen LogP contribution in [0.1, 0.15) is 19.8 Å². The molecule has 0 saturated heterocycles. The van der Waals surface area contributed by atoms with Crippen LogP contribution in [0.4, 0.5) is 0 Å². The molecule has 0 fully saturated rings. The van der Waals surface area contributed by atoms with Crippen LogP contribution >= 0.6 is 0 Å². The Kier molecular flexibility index (Phi) is 1.01. The van der Waals surface area contributed by atoms with E-state index >= 15 is 0 Å². The van der Waals surface area contributed by atoms with Crippen LogP contribution in [0.3, 0.4) is 0 Å². The fourth-order valence-corrected chi connectivity index (χ4v) is 0.851. The third kappa shape index (κ3) is 0.923. The number of allylic oxidation sites excluding steroid dienone is 3. The van der Waals surface area contributed by atoms with E-state index in [4.69, 9.17) is 0 Å². The number of rotatable bonds is 0. The molecule has 0 bridgehead atoms. The van der Waals surface area contributed by atoms with Crippen molar-refractivity contribution in [3.63, 3.8) is 0 Å². The zero-order valence-corrected chi connectivity index (χ0v) is 4.70. The van der Waals surface area contributed by atoms with E-state index in [1.807, 2.05) is 0 Å². The molecule has 0 unspecified atom stereocenters. The SMILES string of the molecule is C=C1C=C(C)CC1. The van der Waals surface area contributed by atoms with Crippen molar-refractivity contribution in [1.29, 1.82) is 0 Å². The molecule has 0 aliphatic heterocycles. The van der Waals surface area contributed by atoms with Crippen LogP contribution < -0.4 is 0 Å². The van der Waals surface area contributed by atoms with Crippen molar-refractivity contribution in [3.8, 4) is 0 Å². The van der Waals surface area contributed by atoms with Gasteiger partial charge in [0.05, 0.1) is 0 Å². The Bertz CT molecular complexity index is 118. The molecule has 0 radical (unpaired) electrons. The van der Waals surface area contributed by atoms with Gasteiger partial charge in [-0.1, -0.05) is 23.8 Å². The highest BCUT2D eigenvalue weighted by molar-refractivity contribution is 5.26. The maximum Gasteiger partial charge on any atom is -0.0247 e. The Labute approximate surface area is 44.5 Å². The molecule has 1 aliphatic carbocycles. The lowest BCUT2D eigenvalue weighted by Crippen LogP contribution is -1.61. The van der Waals surface area contributed by atoms with Crippen LogP contribution in [-0.2, 0) is 0 Å². The monoisotopic (exact) mass is 94.1 g/mol. The first kappa shape index (κ1) is 4.63. The van der Waals surface area contributed by atoms with E-state index in [2.05, 4.69) is 19.6 Å². The van der Waals surface area contributed by atoms with Gasteiger partial charge in [-0.25, -0.2) is 0 Å². The highest BCUT2D eigenvalue weighted by Crippen LogP contribution is 2.20. The zero-order valence-electron chi connectivity index (χ0n) is 4.70. The van der Waals surface area contributed by atoms with Crippen LogP contribution in [0, 0.1) is 0 Å². The molecular formula is C7H10. The average molecular weight is 94.2 g/mol. The second-order valence-electron chi connectivity index (χ2n) is 2.15. The van der Waals surface area contributed by atoms with Crippen molar-refractivity contribution in [2.24, 2.45) is 0 Å². The molecule has 0 nitrogen and oxygen atoms in total. The highest BCUT2D eigenvalue weighted by atomic mass is 14.1. The van der Waals surface area contributed by atoms with Crippen LogP contribution in [0.15, 0.2) is 23.8 Å². The van der Waals surface area contributed by atoms with E-state index in [-0.39, 0.29) is 0 Å². The van der Waals surface area contributed by atoms with E-state index < -0.39 is 0 Å². The number of hydrogen-bond donors (Lipinski definition) is 0. The van der Waals surface area contributed by atoms with Crippen molar-refractivity contribution < 1.29 is 0 Å². The van der Waals surface area contributed by atoms with Gasteiger partial charge in [0, 0.05) is 0 Å². The summed E-state index contributed by atoms with van der Waals surface area (Å²) in [5.41, 5.74) is 2.77. The van der Waals surface area contributed by atoms with Gasteiger partial charge in [-0.05, 0) is 19.8 Å². The summed E-state index contributed by atoms with van der Waals surface area (Å²) in [4.78, 5) is 0. The molecule has 0 spiro atoms. The van der Waals surface area contributed by atoms with Crippen LogP contribution in [-0.4, -0.2) is 0 Å². The first-order valence-corrected chi connectivity index (χ1v) is 2.64. The fraction of sp³-hybridized carbons (Fsp3) is 0.429. The molecule has 1 aliphatic rings. The van der Waals surface area contributed by atoms with Gasteiger partial charge in [0.15, 0.2) is 0 Å². The molecule has 0 saturated carbocycles. The van der Waals surface area contributed by atoms with Gasteiger partial charge in [-0.3, -0.25) is 0 Å². The van der Waals surface area contributed by atoms with Crippen molar-refractivity contribution in [3.05, 3.63) is 23.8 Å². The third-order valence-corrected chi connectivity index (χ3v) is 1.29. The van der Waals surface area contributed by atoms with Crippen LogP contribution in [0.2, 0.25) is 0 Å². The van der Waals surface area contributed by atoms with Gasteiger partial charge < -0.3 is 0 Å². The van der Waals surface area contributed by atoms with Crippen LogP contribution in [0.5, 0.6) is 0 Å². The Morgan fingerprint density at radius 3 is 2.43 bits per heavy atom. The summed E-state index contributed by atoms with van der Waals surface area (Å²) < 4.78 is 0. The Hall–Kier alpha value is -0.520. The lowest BCUT2D eigenvalue weighted by atomic mass is 10.2. The molecule has 0 heteroatoms. The Morgan fingerprint density at radius 2 is 2.29 bits per heavy atom. The van der Waals surface area contributed by atoms with Gasteiger partial charge in [0.2, 0.25) is 0 Å². The molecule has 0 N–H and O–H groups in total. The van der Waals surface area contributed by atoms with Gasteiger partial charge in [-0.2, -0.15) is 0 Å². The average Bonchev–Trinajstić information content (AvgIpc) is 1.87. The molecule has 1 rings (SSSR count). The standard InChI is InChI=1S/C7H10/c1-6-3-4-7(2)5-6/h5H,1,3-4H2,2H3. The molecule has 7 heavy (non-hydrogen) atoms. The first-order chi connectivity index (χ1) is 3.29. The second kappa shape index (κ2) is 1.53. The smallest absolute Gasteiger partial charge is 0.0247 e. The van der Waals surface area contributed by atoms with Crippen LogP contribution in [0.25, 0.3) is 0 Å². The van der Waals surface area contributed by atoms with E-state index in [1.165, 1.54) is 24.0 Å². The topological polar surface area (TPSA) is 0 Å². The predicted octanol–water partition coefficient (Wildman–Crippen LogP) is 2.28. The third-order valence-electron chi connectivity index (χ3n) is 1.29. The molecule has 38 valence electrons. The minimum atomic E-state index is 1.19. The maximum atomic E-state index is 3.83. The van der Waals surface area contributed by atoms with Gasteiger partial charge in [-0.15, -0.1) is 0 Å². The normalized spacial score (nSPS) is 20.1. The summed E-state index contributed by atoms with van der Waals surface area (Å²) in [6.07, 6.45) is 4.59. The van der Waals surface area contributed by atoms with E-state index in [0.717, 1.165) is 0 Å². The first-order valence-electron chi connectivity index (χ1n) is 2.64. The van der Waals surface area contributed by atoms with Crippen molar-refractivity contribution in [2.45, 2.75) is 19.8 Å². The lowest BCUT2D eigenvalue weighted by molar-refractivity contribution is 1.01. The predicted molar refractivity (Wildman–Crippen MR) is 32.1 cm³/mol. The molecular weight excluding hydrogens is 84.1 g/mol. The molecule has 0 aromatic heterocycles. The summed E-state index contributed by atoms with van der Waals surface area (Å²) in [7, 11) is 0. The van der Waals surface area contributed by atoms with Crippen molar-refractivity contribution in [2.75, 3.05) is 0 Å². The largest absolute Gasteiger partial charge is 0.0958 e. The second-order valence-corrected chi connectivity index (χ2v) is 2.15. The van der Waals surface area contributed by atoms with Gasteiger partial charge in [0.25, 0.3) is 0 Å². The van der Waals surface area contributed by atoms with E-state index in [1.54, 1.807) is 0 Å². The fourth-order valence-electron chi connectivity index (χ4n) is 0.851. The van der Waals surface area contributed by atoms with Gasteiger partial charge >= 0.3 is 0 Å². The van der Waals surface area contributed by atoms with E-state index in [0.29, 0.717) is 0 Å². The zero-order chi connectivity index (χ0) is 5.28. The molecule has 0 aromatic rings. The van der Waals surface area contributed by atoms with Crippen molar-refractivity contribution in [1.82, 2.24) is 0 Å². The molecule has 0 atom stereocenters. The van der Waals surface area contributed by atoms with E-state index in [9.17, 15) is 0 Å². The summed E-state index contributed by atoms with van der Waals surface area (Å²) >= 11 is 0. The highest BCUT2D eigenvalue weighted by Gasteiger charge is 2.00. The minimum Gasteiger partial charge on any atom is -0.0958 e. The Morgan fingerprint density at radius 1 is 1.57 bits per heavy atom.